The molecule has 2 nitrogen and oxygen atoms in total. The summed E-state index contributed by atoms with van der Waals surface area (Å²) in [6.07, 6.45) is 5.33. The molecule has 0 atom stereocenters. The molecule has 1 aromatic rings. The first-order valence-electron chi connectivity index (χ1n) is 7.68. The van der Waals surface area contributed by atoms with Crippen LogP contribution in [0.3, 0.4) is 0 Å². The second-order valence-electron chi connectivity index (χ2n) is 5.96. The van der Waals surface area contributed by atoms with E-state index < -0.39 is 0 Å². The quantitative estimate of drug-likeness (QED) is 0.873. The molecule has 19 heavy (non-hydrogen) atoms. The lowest BCUT2D eigenvalue weighted by molar-refractivity contribution is 0.168. The Balaban J connectivity index is 1.81. The summed E-state index contributed by atoms with van der Waals surface area (Å²) in [7, 11) is 2.28. The highest BCUT2D eigenvalue weighted by molar-refractivity contribution is 5.21. The fourth-order valence-corrected chi connectivity index (χ4v) is 3.12. The molecule has 1 aliphatic carbocycles. The summed E-state index contributed by atoms with van der Waals surface area (Å²) in [6.45, 7) is 6.54. The third-order valence-electron chi connectivity index (χ3n) is 4.37. The molecular formula is C17H28N2. The monoisotopic (exact) mass is 260 g/mol. The van der Waals surface area contributed by atoms with Gasteiger partial charge in [0.05, 0.1) is 0 Å². The first-order valence-corrected chi connectivity index (χ1v) is 7.68. The molecule has 0 amide bonds. The highest BCUT2D eigenvalue weighted by Gasteiger charge is 2.23. The van der Waals surface area contributed by atoms with Gasteiger partial charge in [0.1, 0.15) is 0 Å². The highest BCUT2D eigenvalue weighted by atomic mass is 15.1. The van der Waals surface area contributed by atoms with E-state index in [1.807, 2.05) is 0 Å². The predicted molar refractivity (Wildman–Crippen MR) is 82.4 cm³/mol. The Kier molecular flexibility index (Phi) is 5.41. The van der Waals surface area contributed by atoms with Crippen LogP contribution in [0.5, 0.6) is 0 Å². The van der Waals surface area contributed by atoms with E-state index in [-0.39, 0.29) is 0 Å². The van der Waals surface area contributed by atoms with Gasteiger partial charge in [-0.25, -0.2) is 0 Å². The summed E-state index contributed by atoms with van der Waals surface area (Å²) < 4.78 is 0. The number of nitrogens with one attached hydrogen (secondary N) is 1. The molecule has 0 aliphatic heterocycles. The number of benzene rings is 1. The van der Waals surface area contributed by atoms with E-state index in [2.05, 4.69) is 55.4 Å². The Labute approximate surface area is 118 Å². The fourth-order valence-electron chi connectivity index (χ4n) is 3.12. The Bertz CT molecular complexity index is 363. The lowest BCUT2D eigenvalue weighted by Gasteiger charge is -2.35. The number of nitrogens with zero attached hydrogens (tertiary/aromatic N) is 1. The molecule has 1 fully saturated rings. The molecule has 0 heterocycles. The SMILES string of the molecule is CCNC1CCC(N(C)Cc2ccc(C)cc2)CC1. The van der Waals surface area contributed by atoms with Crippen molar-refractivity contribution >= 4 is 0 Å². The van der Waals surface area contributed by atoms with Crippen LogP contribution >= 0.6 is 0 Å². The number of hydrogen-bond donors (Lipinski definition) is 1. The van der Waals surface area contributed by atoms with Crippen molar-refractivity contribution in [1.29, 1.82) is 0 Å². The standard InChI is InChI=1S/C17H28N2/c1-4-18-16-9-11-17(12-10-16)19(3)13-15-7-5-14(2)6-8-15/h5-8,16-18H,4,9-13H2,1-3H3. The van der Waals surface area contributed by atoms with E-state index in [0.717, 1.165) is 25.2 Å². The Hall–Kier alpha value is -0.860. The van der Waals surface area contributed by atoms with Crippen molar-refractivity contribution in [3.05, 3.63) is 35.4 Å². The van der Waals surface area contributed by atoms with Crippen LogP contribution in [0.1, 0.15) is 43.7 Å². The van der Waals surface area contributed by atoms with Gasteiger partial charge in [0.15, 0.2) is 0 Å². The van der Waals surface area contributed by atoms with Crippen molar-refractivity contribution in [2.45, 2.75) is 58.2 Å². The van der Waals surface area contributed by atoms with Gasteiger partial charge < -0.3 is 5.32 Å². The normalized spacial score (nSPS) is 23.8. The number of rotatable bonds is 5. The average molecular weight is 260 g/mol. The van der Waals surface area contributed by atoms with Crippen molar-refractivity contribution in [3.63, 3.8) is 0 Å². The zero-order valence-electron chi connectivity index (χ0n) is 12.7. The van der Waals surface area contributed by atoms with E-state index in [1.165, 1.54) is 36.8 Å². The molecule has 1 aliphatic rings. The van der Waals surface area contributed by atoms with Crippen LogP contribution in [0.4, 0.5) is 0 Å². The first kappa shape index (κ1) is 14.5. The fraction of sp³-hybridized carbons (Fsp3) is 0.647. The minimum absolute atomic E-state index is 0.758. The van der Waals surface area contributed by atoms with Crippen molar-refractivity contribution in [2.75, 3.05) is 13.6 Å². The molecule has 0 saturated heterocycles. The smallest absolute Gasteiger partial charge is 0.0233 e. The van der Waals surface area contributed by atoms with E-state index in [4.69, 9.17) is 0 Å². The van der Waals surface area contributed by atoms with Crippen LogP contribution in [-0.4, -0.2) is 30.6 Å². The van der Waals surface area contributed by atoms with Gasteiger partial charge >= 0.3 is 0 Å². The van der Waals surface area contributed by atoms with Crippen LogP contribution in [0, 0.1) is 6.92 Å². The van der Waals surface area contributed by atoms with Crippen molar-refractivity contribution in [3.8, 4) is 0 Å². The van der Waals surface area contributed by atoms with Gasteiger partial charge in [0.2, 0.25) is 0 Å². The average Bonchev–Trinajstić information content (AvgIpc) is 2.42. The predicted octanol–water partition coefficient (Wildman–Crippen LogP) is 3.35. The second-order valence-corrected chi connectivity index (χ2v) is 5.96. The summed E-state index contributed by atoms with van der Waals surface area (Å²) in [5.74, 6) is 0. The maximum atomic E-state index is 3.58. The first-order chi connectivity index (χ1) is 9.19. The van der Waals surface area contributed by atoms with Crippen LogP contribution in [0.25, 0.3) is 0 Å². The third-order valence-corrected chi connectivity index (χ3v) is 4.37. The van der Waals surface area contributed by atoms with Gasteiger partial charge in [-0.2, -0.15) is 0 Å². The molecule has 1 aromatic carbocycles. The topological polar surface area (TPSA) is 15.3 Å². The highest BCUT2D eigenvalue weighted by Crippen LogP contribution is 2.23. The molecular weight excluding hydrogens is 232 g/mol. The maximum absolute atomic E-state index is 3.58. The van der Waals surface area contributed by atoms with E-state index in [1.54, 1.807) is 0 Å². The van der Waals surface area contributed by atoms with Crippen LogP contribution < -0.4 is 5.32 Å². The van der Waals surface area contributed by atoms with Crippen molar-refractivity contribution in [2.24, 2.45) is 0 Å². The summed E-state index contributed by atoms with van der Waals surface area (Å²) in [4.78, 5) is 2.53. The van der Waals surface area contributed by atoms with Crippen molar-refractivity contribution < 1.29 is 0 Å². The molecule has 1 saturated carbocycles. The lowest BCUT2D eigenvalue weighted by Crippen LogP contribution is -2.40. The summed E-state index contributed by atoms with van der Waals surface area (Å²) in [5, 5.41) is 3.58. The molecule has 0 aromatic heterocycles. The maximum Gasteiger partial charge on any atom is 0.0233 e. The molecule has 1 N–H and O–H groups in total. The van der Waals surface area contributed by atoms with Crippen LogP contribution in [0.2, 0.25) is 0 Å². The van der Waals surface area contributed by atoms with Gasteiger partial charge in [-0.3, -0.25) is 4.90 Å². The third kappa shape index (κ3) is 4.32. The van der Waals surface area contributed by atoms with Gasteiger partial charge in [0.25, 0.3) is 0 Å². The summed E-state index contributed by atoms with van der Waals surface area (Å²) >= 11 is 0. The van der Waals surface area contributed by atoms with Crippen molar-refractivity contribution in [1.82, 2.24) is 10.2 Å². The van der Waals surface area contributed by atoms with E-state index in [9.17, 15) is 0 Å². The Morgan fingerprint density at radius 3 is 2.32 bits per heavy atom. The van der Waals surface area contributed by atoms with Crippen LogP contribution in [-0.2, 0) is 6.54 Å². The summed E-state index contributed by atoms with van der Waals surface area (Å²) in [5.41, 5.74) is 2.78. The van der Waals surface area contributed by atoms with Gasteiger partial charge in [-0.1, -0.05) is 36.8 Å². The van der Waals surface area contributed by atoms with Gasteiger partial charge in [-0.15, -0.1) is 0 Å². The minimum Gasteiger partial charge on any atom is -0.314 e. The number of hydrogen-bond acceptors (Lipinski definition) is 2. The van der Waals surface area contributed by atoms with Gasteiger partial charge in [-0.05, 0) is 51.8 Å². The zero-order valence-corrected chi connectivity index (χ0v) is 12.7. The largest absolute Gasteiger partial charge is 0.314 e. The minimum atomic E-state index is 0.758. The molecule has 0 unspecified atom stereocenters. The molecule has 0 radical (unpaired) electrons. The molecule has 2 heteroatoms. The molecule has 2 rings (SSSR count). The molecule has 0 spiro atoms. The van der Waals surface area contributed by atoms with E-state index in [0.29, 0.717) is 0 Å². The Morgan fingerprint density at radius 2 is 1.74 bits per heavy atom. The van der Waals surface area contributed by atoms with E-state index >= 15 is 0 Å². The molecule has 0 bridgehead atoms. The van der Waals surface area contributed by atoms with Crippen LogP contribution in [0.15, 0.2) is 24.3 Å². The Morgan fingerprint density at radius 1 is 1.11 bits per heavy atom. The van der Waals surface area contributed by atoms with Gasteiger partial charge in [0, 0.05) is 18.6 Å². The second kappa shape index (κ2) is 7.06. The summed E-state index contributed by atoms with van der Waals surface area (Å²) in [6, 6.07) is 10.5. The zero-order chi connectivity index (χ0) is 13.7. The molecule has 106 valence electrons. The number of aryl methyl sites for hydroxylation is 1. The lowest BCUT2D eigenvalue weighted by atomic mass is 9.90.